The molecule has 0 unspecified atom stereocenters. The van der Waals surface area contributed by atoms with Crippen molar-refractivity contribution >= 4 is 5.97 Å². The number of nitrogens with zero attached hydrogens (tertiary/aromatic N) is 7. The van der Waals surface area contributed by atoms with E-state index in [9.17, 15) is 29.6 Å². The van der Waals surface area contributed by atoms with E-state index in [1.165, 1.54) is 14.0 Å². The molecule has 0 saturated carbocycles. The normalized spacial score (nSPS) is 36.8. The Balaban J connectivity index is 1.17. The van der Waals surface area contributed by atoms with Crippen LogP contribution in [-0.4, -0.2) is 187 Å². The van der Waals surface area contributed by atoms with E-state index < -0.39 is 97.2 Å². The first-order valence-electron chi connectivity index (χ1n) is 25.6. The number of aryl methyl sites for hydroxylation is 1. The smallest absolute Gasteiger partial charge is 0.311 e. The largest absolute Gasteiger partial charge is 0.459 e. The highest BCUT2D eigenvalue weighted by molar-refractivity contribution is 5.73. The van der Waals surface area contributed by atoms with Crippen LogP contribution in [0.3, 0.4) is 0 Å². The maximum absolute atomic E-state index is 14.5. The summed E-state index contributed by atoms with van der Waals surface area (Å²) < 4.78 is 55.9. The van der Waals surface area contributed by atoms with Crippen molar-refractivity contribution in [3.63, 3.8) is 0 Å². The average Bonchev–Trinajstić information content (AvgIpc) is 4.00. The molecule has 0 radical (unpaired) electrons. The Kier molecular flexibility index (Phi) is 19.8. The fourth-order valence-corrected chi connectivity index (χ4v) is 10.6. The first kappa shape index (κ1) is 56.8. The van der Waals surface area contributed by atoms with Crippen molar-refractivity contribution in [2.75, 3.05) is 41.0 Å². The van der Waals surface area contributed by atoms with Crippen LogP contribution in [0.1, 0.15) is 111 Å². The summed E-state index contributed by atoms with van der Waals surface area (Å²) in [5.41, 5.74) is 0.989. The van der Waals surface area contributed by atoms with Gasteiger partial charge in [0.2, 0.25) is 0 Å². The number of hydrogen-bond acceptors (Lipinski definition) is 16. The molecule has 400 valence electrons. The van der Waals surface area contributed by atoms with Gasteiger partial charge in [-0.1, -0.05) is 43.3 Å². The van der Waals surface area contributed by atoms with Crippen LogP contribution in [0.15, 0.2) is 42.9 Å². The molecule has 3 saturated heterocycles. The molecule has 18 nitrogen and oxygen atoms in total. The number of alkyl halides is 1. The predicted octanol–water partition coefficient (Wildman–Crippen LogP) is 4.65. The predicted molar refractivity (Wildman–Crippen MR) is 264 cm³/mol. The van der Waals surface area contributed by atoms with Gasteiger partial charge in [0, 0.05) is 83.0 Å². The van der Waals surface area contributed by atoms with Gasteiger partial charge in [0.15, 0.2) is 12.6 Å². The molecular weight excluding hydrogens is 918 g/mol. The van der Waals surface area contributed by atoms with Crippen LogP contribution in [0.4, 0.5) is 4.39 Å². The summed E-state index contributed by atoms with van der Waals surface area (Å²) in [6.07, 6.45) is -0.0911. The number of likely N-dealkylation sites (N-methyl/N-ethyl adjacent to an activating group) is 2. The Labute approximate surface area is 420 Å². The number of aliphatic hydroxyl groups excluding tert-OH is 3. The SMILES string of the molecule is CC[C@H]1OC(=O)[C@H](C)[C@@H](O[C@H]2C[C@@](C)(OC)[C@@H](O)[C@H](C)O2)C[C@@H](O[C@H]2C[C@@H](N(C)CCc3cn([C@H](CF)Cc4ccc(-c5cnn(C)c5)cc4)nn3)C[C@@H](C)O2)[C@H](O)C[C@@H](C)CN(C)[C@H](C)[C@@H](O)[C@]1(C)O. The Morgan fingerprint density at radius 3 is 2.28 bits per heavy atom. The minimum atomic E-state index is -1.80. The summed E-state index contributed by atoms with van der Waals surface area (Å²) in [5.74, 6) is -1.73. The van der Waals surface area contributed by atoms with E-state index in [0.717, 1.165) is 28.8 Å². The van der Waals surface area contributed by atoms with E-state index in [-0.39, 0.29) is 37.3 Å². The standard InChI is InChI=1S/C52H84FN7O11/c1-13-45-52(8,65)48(62)34(5)58(10)28-31(2)20-42(61)44(24-43(33(4)50(64)71-45)69-47-25-51(7,66-12)49(63)35(6)68-47)70-46-23-40(21-32(3)67-46)57(9)19-18-39-30-60(56-55-39)41(26-53)22-36-14-16-37(17-15-36)38-27-54-59(11)29-38/h14-17,27,29-35,40-49,61-63,65H,13,18-26,28H2,1-12H3/t31-,32-,33-,34-,35+,40+,41+,42-,43+,44-,45-,46+,47+,48-,49+,51-,52-/m1/s1. The molecule has 17 atom stereocenters. The van der Waals surface area contributed by atoms with Crippen LogP contribution < -0.4 is 0 Å². The van der Waals surface area contributed by atoms with Crippen LogP contribution in [0, 0.1) is 11.8 Å². The van der Waals surface area contributed by atoms with Gasteiger partial charge in [-0.2, -0.15) is 5.10 Å². The number of carbonyl (C=O) groups is 1. The molecule has 4 N–H and O–H groups in total. The zero-order valence-electron chi connectivity index (χ0n) is 44.1. The van der Waals surface area contributed by atoms with Crippen molar-refractivity contribution < 1.29 is 58.0 Å². The van der Waals surface area contributed by atoms with E-state index in [4.69, 9.17) is 28.4 Å². The van der Waals surface area contributed by atoms with Gasteiger partial charge in [-0.15, -0.1) is 5.10 Å². The fourth-order valence-electron chi connectivity index (χ4n) is 10.6. The van der Waals surface area contributed by atoms with Crippen molar-refractivity contribution in [2.45, 2.75) is 197 Å². The molecule has 0 spiro atoms. The monoisotopic (exact) mass is 1000 g/mol. The third-order valence-corrected chi connectivity index (χ3v) is 15.6. The molecule has 6 rings (SSSR count). The molecule has 0 bridgehead atoms. The van der Waals surface area contributed by atoms with E-state index in [0.29, 0.717) is 38.8 Å². The highest BCUT2D eigenvalue weighted by atomic mass is 19.1. The van der Waals surface area contributed by atoms with Gasteiger partial charge in [0.05, 0.1) is 60.0 Å². The molecule has 2 aromatic heterocycles. The number of cyclic esters (lactones) is 1. The van der Waals surface area contributed by atoms with Crippen molar-refractivity contribution in [2.24, 2.45) is 18.9 Å². The van der Waals surface area contributed by atoms with Crippen LogP contribution in [0.5, 0.6) is 0 Å². The number of rotatable bonds is 15. The minimum Gasteiger partial charge on any atom is -0.459 e. The molecule has 0 amide bonds. The molecule has 5 heterocycles. The van der Waals surface area contributed by atoms with Gasteiger partial charge in [0.25, 0.3) is 0 Å². The third kappa shape index (κ3) is 14.2. The molecule has 1 aromatic carbocycles. The molecule has 3 fully saturated rings. The van der Waals surface area contributed by atoms with Gasteiger partial charge >= 0.3 is 5.97 Å². The second-order valence-electron chi connectivity index (χ2n) is 21.4. The lowest BCUT2D eigenvalue weighted by molar-refractivity contribution is -0.297. The third-order valence-electron chi connectivity index (χ3n) is 15.6. The number of carbonyl (C=O) groups excluding carboxylic acids is 1. The molecular formula is C52H84FN7O11. The summed E-state index contributed by atoms with van der Waals surface area (Å²) in [6.45, 7) is 14.8. The highest BCUT2D eigenvalue weighted by Crippen LogP contribution is 2.37. The highest BCUT2D eigenvalue weighted by Gasteiger charge is 2.49. The van der Waals surface area contributed by atoms with Crippen molar-refractivity contribution in [3.05, 3.63) is 54.1 Å². The molecule has 71 heavy (non-hydrogen) atoms. The Hall–Kier alpha value is -3.47. The number of aliphatic hydroxyl groups is 4. The lowest BCUT2D eigenvalue weighted by Crippen LogP contribution is -2.59. The first-order valence-corrected chi connectivity index (χ1v) is 25.6. The maximum atomic E-state index is 14.5. The Morgan fingerprint density at radius 1 is 0.930 bits per heavy atom. The number of benzene rings is 1. The first-order chi connectivity index (χ1) is 33.5. The summed E-state index contributed by atoms with van der Waals surface area (Å²) in [4.78, 5) is 18.5. The van der Waals surface area contributed by atoms with E-state index in [1.807, 2.05) is 89.7 Å². The summed E-state index contributed by atoms with van der Waals surface area (Å²) in [5, 5.41) is 59.6. The maximum Gasteiger partial charge on any atom is 0.311 e. The van der Waals surface area contributed by atoms with Crippen LogP contribution in [0.2, 0.25) is 0 Å². The van der Waals surface area contributed by atoms with Crippen LogP contribution in [-0.2, 0) is 53.1 Å². The van der Waals surface area contributed by atoms with E-state index in [1.54, 1.807) is 37.1 Å². The van der Waals surface area contributed by atoms with E-state index in [2.05, 4.69) is 20.3 Å². The number of methoxy groups -OCH3 is 1. The number of ether oxygens (including phenoxy) is 6. The van der Waals surface area contributed by atoms with Gasteiger partial charge in [0.1, 0.15) is 30.6 Å². The summed E-state index contributed by atoms with van der Waals surface area (Å²) >= 11 is 0. The number of aromatic nitrogens is 5. The van der Waals surface area contributed by atoms with Gasteiger partial charge in [-0.25, -0.2) is 9.07 Å². The summed E-state index contributed by atoms with van der Waals surface area (Å²) in [7, 11) is 7.30. The quantitative estimate of drug-likeness (QED) is 0.153. The van der Waals surface area contributed by atoms with Crippen molar-refractivity contribution in [3.8, 4) is 11.1 Å². The zero-order valence-corrected chi connectivity index (χ0v) is 44.1. The second kappa shape index (κ2) is 24.7. The van der Waals surface area contributed by atoms with E-state index >= 15 is 0 Å². The lowest BCUT2D eigenvalue weighted by atomic mass is 9.86. The lowest BCUT2D eigenvalue weighted by Gasteiger charge is -2.45. The molecule has 19 heteroatoms. The molecule has 3 aromatic rings. The average molecular weight is 1000 g/mol. The fraction of sp³-hybridized carbons (Fsp3) is 0.769. The Morgan fingerprint density at radius 2 is 1.63 bits per heavy atom. The van der Waals surface area contributed by atoms with Gasteiger partial charge < -0.3 is 58.6 Å². The zero-order chi connectivity index (χ0) is 51.9. The van der Waals surface area contributed by atoms with Gasteiger partial charge in [-0.3, -0.25) is 9.48 Å². The molecule has 0 aliphatic carbocycles. The van der Waals surface area contributed by atoms with Gasteiger partial charge in [-0.05, 0) is 98.4 Å². The molecule has 3 aliphatic heterocycles. The van der Waals surface area contributed by atoms with Crippen molar-refractivity contribution in [1.82, 2.24) is 34.6 Å². The summed E-state index contributed by atoms with van der Waals surface area (Å²) in [6, 6.07) is 7.06. The van der Waals surface area contributed by atoms with Crippen molar-refractivity contribution in [1.29, 1.82) is 0 Å². The minimum absolute atomic E-state index is 0.0295. The Bertz CT molecular complexity index is 2110. The topological polar surface area (TPSA) is 208 Å². The van der Waals surface area contributed by atoms with Crippen LogP contribution >= 0.6 is 0 Å². The second-order valence-corrected chi connectivity index (χ2v) is 21.4. The molecule has 3 aliphatic rings. The van der Waals surface area contributed by atoms with Crippen LogP contribution in [0.25, 0.3) is 11.1 Å². The number of esters is 1. The number of halogens is 1. The number of hydrogen-bond donors (Lipinski definition) is 4.